The molecule has 3 N–H and O–H groups in total. The number of aromatic amines is 2. The number of nitrogens with zero attached hydrogens (tertiary/aromatic N) is 3. The second-order valence-corrected chi connectivity index (χ2v) is 3.92. The van der Waals surface area contributed by atoms with Crippen LogP contribution in [0.25, 0.3) is 0 Å². The van der Waals surface area contributed by atoms with E-state index in [1.165, 1.54) is 10.9 Å². The number of anilines is 1. The highest BCUT2D eigenvalue weighted by molar-refractivity contribution is 5.88. The lowest BCUT2D eigenvalue weighted by Gasteiger charge is -2.04. The molecule has 0 aromatic carbocycles. The molecule has 2 aromatic heterocycles. The maximum atomic E-state index is 11.6. The van der Waals surface area contributed by atoms with Gasteiger partial charge in [-0.1, -0.05) is 0 Å². The molecule has 0 saturated carbocycles. The van der Waals surface area contributed by atoms with Crippen molar-refractivity contribution in [2.45, 2.75) is 26.8 Å². The van der Waals surface area contributed by atoms with Gasteiger partial charge in [-0.25, -0.2) is 9.89 Å². The van der Waals surface area contributed by atoms with Crippen molar-refractivity contribution in [3.8, 4) is 0 Å². The summed E-state index contributed by atoms with van der Waals surface area (Å²) in [6.45, 7) is 3.98. The van der Waals surface area contributed by atoms with Gasteiger partial charge in [-0.15, -0.1) is 0 Å². The quantitative estimate of drug-likeness (QED) is 0.706. The van der Waals surface area contributed by atoms with Crippen molar-refractivity contribution in [3.63, 3.8) is 0 Å². The van der Waals surface area contributed by atoms with Crippen LogP contribution in [-0.2, 0) is 11.3 Å². The van der Waals surface area contributed by atoms with Crippen molar-refractivity contribution < 1.29 is 4.79 Å². The average Bonchev–Trinajstić information content (AvgIpc) is 2.88. The van der Waals surface area contributed by atoms with Crippen molar-refractivity contribution in [1.82, 2.24) is 24.7 Å². The van der Waals surface area contributed by atoms with Crippen molar-refractivity contribution in [2.75, 3.05) is 5.32 Å². The number of aryl methyl sites for hydroxylation is 1. The number of amides is 1. The number of hydrogen-bond donors (Lipinski definition) is 3. The van der Waals surface area contributed by atoms with E-state index in [4.69, 9.17) is 0 Å². The molecule has 2 aromatic rings. The molecule has 96 valence electrons. The number of hydrogen-bond acceptors (Lipinski definition) is 4. The second kappa shape index (κ2) is 4.86. The van der Waals surface area contributed by atoms with Gasteiger partial charge in [-0.2, -0.15) is 10.1 Å². The molecule has 2 rings (SSSR count). The summed E-state index contributed by atoms with van der Waals surface area (Å²) in [5.41, 5.74) is 1.46. The van der Waals surface area contributed by atoms with E-state index in [0.29, 0.717) is 12.5 Å². The van der Waals surface area contributed by atoms with Gasteiger partial charge in [0.25, 0.3) is 0 Å². The maximum Gasteiger partial charge on any atom is 0.325 e. The first-order valence-electron chi connectivity index (χ1n) is 5.49. The van der Waals surface area contributed by atoms with Crippen LogP contribution in [0.1, 0.15) is 17.8 Å². The summed E-state index contributed by atoms with van der Waals surface area (Å²) in [5, 5.41) is 8.68. The van der Waals surface area contributed by atoms with Crippen LogP contribution in [-0.4, -0.2) is 30.6 Å². The molecule has 0 aliphatic heterocycles. The zero-order chi connectivity index (χ0) is 13.1. The standard InChI is InChI=1S/C10H14N6O2/c1-6-7(2)16(10(18)13-6)4-3-8(17)14-9-11-5-12-15-9/h5H,3-4H2,1-2H3,(H,13,18)(H2,11,12,14,15,17). The van der Waals surface area contributed by atoms with E-state index in [9.17, 15) is 9.59 Å². The van der Waals surface area contributed by atoms with Gasteiger partial charge >= 0.3 is 5.69 Å². The molecule has 18 heavy (non-hydrogen) atoms. The molecule has 8 heteroatoms. The Labute approximate surface area is 102 Å². The van der Waals surface area contributed by atoms with Gasteiger partial charge in [-0.05, 0) is 13.8 Å². The summed E-state index contributed by atoms with van der Waals surface area (Å²) in [6, 6.07) is 0. The highest BCUT2D eigenvalue weighted by Crippen LogP contribution is 2.02. The van der Waals surface area contributed by atoms with Gasteiger partial charge in [-0.3, -0.25) is 14.7 Å². The first-order chi connectivity index (χ1) is 8.58. The van der Waals surface area contributed by atoms with E-state index in [1.54, 1.807) is 0 Å². The molecular formula is C10H14N6O2. The summed E-state index contributed by atoms with van der Waals surface area (Å²) >= 11 is 0. The average molecular weight is 250 g/mol. The normalized spacial score (nSPS) is 10.6. The zero-order valence-electron chi connectivity index (χ0n) is 10.1. The Kier molecular flexibility index (Phi) is 3.26. The van der Waals surface area contributed by atoms with E-state index in [0.717, 1.165) is 11.4 Å². The number of aromatic nitrogens is 5. The SMILES string of the molecule is Cc1[nH]c(=O)n(CCC(=O)Nc2ncn[nH]2)c1C. The smallest absolute Gasteiger partial charge is 0.310 e. The molecule has 8 nitrogen and oxygen atoms in total. The van der Waals surface area contributed by atoms with E-state index >= 15 is 0 Å². The van der Waals surface area contributed by atoms with Crippen LogP contribution >= 0.6 is 0 Å². The van der Waals surface area contributed by atoms with Crippen molar-refractivity contribution in [1.29, 1.82) is 0 Å². The first kappa shape index (κ1) is 12.1. The Bertz CT molecular complexity index is 594. The molecule has 0 aliphatic carbocycles. The number of imidazole rings is 1. The minimum Gasteiger partial charge on any atom is -0.310 e. The van der Waals surface area contributed by atoms with Crippen LogP contribution in [0.15, 0.2) is 11.1 Å². The van der Waals surface area contributed by atoms with Crippen LogP contribution in [0.5, 0.6) is 0 Å². The lowest BCUT2D eigenvalue weighted by atomic mass is 10.3. The fourth-order valence-electron chi connectivity index (χ4n) is 1.62. The molecule has 0 aliphatic rings. The number of H-pyrrole nitrogens is 2. The summed E-state index contributed by atoms with van der Waals surface area (Å²) in [5.74, 6) is 0.0752. The Balaban J connectivity index is 1.95. The zero-order valence-corrected chi connectivity index (χ0v) is 10.1. The van der Waals surface area contributed by atoms with Crippen molar-refractivity contribution >= 4 is 11.9 Å². The monoisotopic (exact) mass is 250 g/mol. The fourth-order valence-corrected chi connectivity index (χ4v) is 1.62. The van der Waals surface area contributed by atoms with Gasteiger partial charge in [0.05, 0.1) is 0 Å². The predicted octanol–water partition coefficient (Wildman–Crippen LogP) is -0.0599. The third-order valence-corrected chi connectivity index (χ3v) is 2.72. The number of carbonyl (C=O) groups excluding carboxylic acids is 1. The lowest BCUT2D eigenvalue weighted by Crippen LogP contribution is -2.22. The highest BCUT2D eigenvalue weighted by Gasteiger charge is 2.09. The van der Waals surface area contributed by atoms with E-state index in [1.807, 2.05) is 13.8 Å². The Morgan fingerprint density at radius 1 is 1.50 bits per heavy atom. The van der Waals surface area contributed by atoms with Gasteiger partial charge in [0, 0.05) is 24.4 Å². The van der Waals surface area contributed by atoms with E-state index < -0.39 is 0 Å². The lowest BCUT2D eigenvalue weighted by molar-refractivity contribution is -0.116. The second-order valence-electron chi connectivity index (χ2n) is 3.92. The molecule has 0 atom stereocenters. The molecule has 0 bridgehead atoms. The third kappa shape index (κ3) is 2.47. The van der Waals surface area contributed by atoms with Crippen LogP contribution in [0.2, 0.25) is 0 Å². The maximum absolute atomic E-state index is 11.6. The summed E-state index contributed by atoms with van der Waals surface area (Å²) in [6.07, 6.45) is 1.50. The predicted molar refractivity (Wildman–Crippen MR) is 64.2 cm³/mol. The summed E-state index contributed by atoms with van der Waals surface area (Å²) in [7, 11) is 0. The van der Waals surface area contributed by atoms with Crippen molar-refractivity contribution in [2.24, 2.45) is 0 Å². The van der Waals surface area contributed by atoms with Crippen LogP contribution in [0.4, 0.5) is 5.95 Å². The molecule has 1 amide bonds. The Morgan fingerprint density at radius 3 is 2.83 bits per heavy atom. The molecule has 0 fully saturated rings. The first-order valence-corrected chi connectivity index (χ1v) is 5.49. The highest BCUT2D eigenvalue weighted by atomic mass is 16.2. The largest absolute Gasteiger partial charge is 0.325 e. The molecule has 0 spiro atoms. The topological polar surface area (TPSA) is 108 Å². The summed E-state index contributed by atoms with van der Waals surface area (Å²) in [4.78, 5) is 29.6. The molecule has 0 radical (unpaired) electrons. The van der Waals surface area contributed by atoms with E-state index in [-0.39, 0.29) is 18.0 Å². The van der Waals surface area contributed by atoms with Crippen LogP contribution < -0.4 is 11.0 Å². The molecular weight excluding hydrogens is 236 g/mol. The third-order valence-electron chi connectivity index (χ3n) is 2.72. The number of carbonyl (C=O) groups is 1. The molecule has 0 unspecified atom stereocenters. The Morgan fingerprint density at radius 2 is 2.28 bits per heavy atom. The minimum atomic E-state index is -0.225. The van der Waals surface area contributed by atoms with Crippen LogP contribution in [0, 0.1) is 13.8 Å². The number of rotatable bonds is 4. The Hall–Kier alpha value is -2.38. The molecule has 0 saturated heterocycles. The van der Waals surface area contributed by atoms with Crippen LogP contribution in [0.3, 0.4) is 0 Å². The minimum absolute atomic E-state index is 0.193. The molecule has 2 heterocycles. The van der Waals surface area contributed by atoms with E-state index in [2.05, 4.69) is 25.5 Å². The summed E-state index contributed by atoms with van der Waals surface area (Å²) < 4.78 is 1.54. The van der Waals surface area contributed by atoms with Gasteiger partial charge in [0.15, 0.2) is 0 Å². The fraction of sp³-hybridized carbons (Fsp3) is 0.400. The van der Waals surface area contributed by atoms with Crippen molar-refractivity contribution in [3.05, 3.63) is 28.2 Å². The van der Waals surface area contributed by atoms with Gasteiger partial charge < -0.3 is 4.98 Å². The number of nitrogens with one attached hydrogen (secondary N) is 3. The van der Waals surface area contributed by atoms with Gasteiger partial charge in [0.1, 0.15) is 6.33 Å². The van der Waals surface area contributed by atoms with Gasteiger partial charge in [0.2, 0.25) is 11.9 Å².